The number of carbonyl (C=O) groups excluding carboxylic acids is 1. The Balaban J connectivity index is 1.63. The van der Waals surface area contributed by atoms with Crippen molar-refractivity contribution in [1.82, 2.24) is 9.80 Å². The van der Waals surface area contributed by atoms with Gasteiger partial charge in [0.1, 0.15) is 5.75 Å². The Kier molecular flexibility index (Phi) is 3.79. The Morgan fingerprint density at radius 3 is 2.67 bits per heavy atom. The molecule has 2 heterocycles. The van der Waals surface area contributed by atoms with Crippen molar-refractivity contribution in [3.05, 3.63) is 29.3 Å². The highest BCUT2D eigenvalue weighted by Crippen LogP contribution is 2.26. The van der Waals surface area contributed by atoms with Gasteiger partial charge in [-0.25, -0.2) is 0 Å². The molecule has 3 rings (SSSR count). The van der Waals surface area contributed by atoms with Gasteiger partial charge in [0.2, 0.25) is 0 Å². The molecule has 0 unspecified atom stereocenters. The number of aliphatic carboxylic acids is 1. The summed E-state index contributed by atoms with van der Waals surface area (Å²) < 4.78 is 5.44. The van der Waals surface area contributed by atoms with E-state index in [9.17, 15) is 9.59 Å². The Hall–Kier alpha value is -2.08. The van der Waals surface area contributed by atoms with Crippen LogP contribution in [-0.2, 0) is 11.2 Å². The Morgan fingerprint density at radius 1 is 1.19 bits per heavy atom. The molecule has 1 aromatic rings. The number of nitrogens with zero attached hydrogens (tertiary/aromatic N) is 2. The van der Waals surface area contributed by atoms with Crippen molar-refractivity contribution in [3.63, 3.8) is 0 Å². The first kappa shape index (κ1) is 13.9. The third-order valence-corrected chi connectivity index (χ3v) is 3.95. The second-order valence-electron chi connectivity index (χ2n) is 5.38. The zero-order valence-corrected chi connectivity index (χ0v) is 11.7. The molecule has 0 bridgehead atoms. The Bertz CT molecular complexity index is 565. The molecule has 1 N–H and O–H groups in total. The molecule has 112 valence electrons. The summed E-state index contributed by atoms with van der Waals surface area (Å²) in [6, 6.07) is 5.57. The molecule has 0 saturated carbocycles. The van der Waals surface area contributed by atoms with E-state index in [1.807, 2.05) is 17.0 Å². The van der Waals surface area contributed by atoms with Crippen molar-refractivity contribution < 1.29 is 19.4 Å². The number of amides is 1. The molecule has 6 nitrogen and oxygen atoms in total. The topological polar surface area (TPSA) is 70.1 Å². The van der Waals surface area contributed by atoms with Crippen LogP contribution in [0.1, 0.15) is 15.9 Å². The molecule has 2 aliphatic rings. The molecule has 0 spiro atoms. The number of fused-ring (bicyclic) bond motifs is 1. The number of carboxylic acid groups (broad SMARTS) is 1. The van der Waals surface area contributed by atoms with Crippen LogP contribution in [0.15, 0.2) is 18.2 Å². The summed E-state index contributed by atoms with van der Waals surface area (Å²) in [4.78, 5) is 26.8. The molecule has 1 fully saturated rings. The number of hydrogen-bond acceptors (Lipinski definition) is 4. The SMILES string of the molecule is O=C(O)CN1CCN(C(=O)c2ccc3c(c2)CCO3)CC1. The van der Waals surface area contributed by atoms with Crippen molar-refractivity contribution in [2.24, 2.45) is 0 Å². The van der Waals surface area contributed by atoms with Crippen molar-refractivity contribution in [2.45, 2.75) is 6.42 Å². The maximum atomic E-state index is 12.5. The first-order valence-corrected chi connectivity index (χ1v) is 7.12. The molecule has 0 radical (unpaired) electrons. The van der Waals surface area contributed by atoms with Crippen LogP contribution in [0, 0.1) is 0 Å². The van der Waals surface area contributed by atoms with Crippen LogP contribution in [0.5, 0.6) is 5.75 Å². The summed E-state index contributed by atoms with van der Waals surface area (Å²) in [6.07, 6.45) is 0.850. The fourth-order valence-electron chi connectivity index (χ4n) is 2.80. The number of rotatable bonds is 3. The number of carbonyl (C=O) groups is 2. The smallest absolute Gasteiger partial charge is 0.317 e. The van der Waals surface area contributed by atoms with Crippen molar-refractivity contribution in [3.8, 4) is 5.75 Å². The van der Waals surface area contributed by atoms with E-state index < -0.39 is 5.97 Å². The molecule has 1 amide bonds. The van der Waals surface area contributed by atoms with Gasteiger partial charge in [-0.2, -0.15) is 0 Å². The van der Waals surface area contributed by atoms with Gasteiger partial charge in [-0.15, -0.1) is 0 Å². The summed E-state index contributed by atoms with van der Waals surface area (Å²) in [5.74, 6) is 0.0610. The van der Waals surface area contributed by atoms with E-state index in [0.29, 0.717) is 38.3 Å². The maximum absolute atomic E-state index is 12.5. The number of carboxylic acids is 1. The van der Waals surface area contributed by atoms with Crippen LogP contribution in [0.4, 0.5) is 0 Å². The molecule has 0 aromatic heterocycles. The largest absolute Gasteiger partial charge is 0.493 e. The summed E-state index contributed by atoms with van der Waals surface area (Å²) >= 11 is 0. The second kappa shape index (κ2) is 5.73. The minimum atomic E-state index is -0.826. The van der Waals surface area contributed by atoms with E-state index in [0.717, 1.165) is 17.7 Å². The average Bonchev–Trinajstić information content (AvgIpc) is 2.94. The molecular weight excluding hydrogens is 272 g/mol. The highest BCUT2D eigenvalue weighted by Gasteiger charge is 2.24. The minimum Gasteiger partial charge on any atom is -0.493 e. The van der Waals surface area contributed by atoms with Crippen LogP contribution >= 0.6 is 0 Å². The van der Waals surface area contributed by atoms with Crippen LogP contribution in [0.25, 0.3) is 0 Å². The second-order valence-corrected chi connectivity index (χ2v) is 5.38. The minimum absolute atomic E-state index is 0.0136. The van der Waals surface area contributed by atoms with Crippen molar-refractivity contribution in [1.29, 1.82) is 0 Å². The molecule has 0 atom stereocenters. The Morgan fingerprint density at radius 2 is 1.95 bits per heavy atom. The maximum Gasteiger partial charge on any atom is 0.317 e. The summed E-state index contributed by atoms with van der Waals surface area (Å²) in [7, 11) is 0. The average molecular weight is 290 g/mol. The van der Waals surface area contributed by atoms with E-state index in [4.69, 9.17) is 9.84 Å². The van der Waals surface area contributed by atoms with E-state index in [-0.39, 0.29) is 12.5 Å². The van der Waals surface area contributed by atoms with Gasteiger partial charge in [0, 0.05) is 38.2 Å². The first-order chi connectivity index (χ1) is 10.1. The van der Waals surface area contributed by atoms with Gasteiger partial charge in [0.05, 0.1) is 13.2 Å². The number of ether oxygens (including phenoxy) is 1. The molecule has 1 saturated heterocycles. The van der Waals surface area contributed by atoms with Gasteiger partial charge < -0.3 is 14.7 Å². The van der Waals surface area contributed by atoms with Crippen molar-refractivity contribution >= 4 is 11.9 Å². The van der Waals surface area contributed by atoms with E-state index in [1.165, 1.54) is 0 Å². The van der Waals surface area contributed by atoms with E-state index in [2.05, 4.69) is 0 Å². The van der Waals surface area contributed by atoms with Crippen LogP contribution in [-0.4, -0.2) is 66.1 Å². The third-order valence-electron chi connectivity index (χ3n) is 3.95. The summed E-state index contributed by atoms with van der Waals surface area (Å²) in [6.45, 7) is 3.07. The molecule has 21 heavy (non-hydrogen) atoms. The number of piperazine rings is 1. The molecular formula is C15H18N2O4. The van der Waals surface area contributed by atoms with Gasteiger partial charge in [0.15, 0.2) is 0 Å². The van der Waals surface area contributed by atoms with Gasteiger partial charge in [-0.05, 0) is 23.8 Å². The predicted molar refractivity (Wildman–Crippen MR) is 75.6 cm³/mol. The monoisotopic (exact) mass is 290 g/mol. The lowest BCUT2D eigenvalue weighted by atomic mass is 10.1. The number of hydrogen-bond donors (Lipinski definition) is 1. The summed E-state index contributed by atoms with van der Waals surface area (Å²) in [5.41, 5.74) is 1.77. The lowest BCUT2D eigenvalue weighted by molar-refractivity contribution is -0.138. The molecule has 0 aliphatic carbocycles. The van der Waals surface area contributed by atoms with Crippen LogP contribution in [0.3, 0.4) is 0 Å². The standard InChI is InChI=1S/C15H18N2O4/c18-14(19)10-16-4-6-17(7-5-16)15(20)12-1-2-13-11(9-12)3-8-21-13/h1-2,9H,3-8,10H2,(H,18,19). The normalized spacial score (nSPS) is 18.2. The quantitative estimate of drug-likeness (QED) is 0.876. The van der Waals surface area contributed by atoms with Gasteiger partial charge >= 0.3 is 5.97 Å². The molecule has 2 aliphatic heterocycles. The zero-order chi connectivity index (χ0) is 14.8. The predicted octanol–water partition coefficient (Wildman–Crippen LogP) is 0.464. The third kappa shape index (κ3) is 3.00. The Labute approximate surface area is 122 Å². The highest BCUT2D eigenvalue weighted by atomic mass is 16.5. The highest BCUT2D eigenvalue weighted by molar-refractivity contribution is 5.94. The van der Waals surface area contributed by atoms with Crippen molar-refractivity contribution in [2.75, 3.05) is 39.3 Å². The fourth-order valence-corrected chi connectivity index (χ4v) is 2.80. The number of benzene rings is 1. The molecule has 1 aromatic carbocycles. The lowest BCUT2D eigenvalue weighted by Gasteiger charge is -2.33. The van der Waals surface area contributed by atoms with Gasteiger partial charge in [-0.3, -0.25) is 14.5 Å². The van der Waals surface area contributed by atoms with Gasteiger partial charge in [0.25, 0.3) is 5.91 Å². The van der Waals surface area contributed by atoms with Gasteiger partial charge in [-0.1, -0.05) is 0 Å². The lowest BCUT2D eigenvalue weighted by Crippen LogP contribution is -2.49. The van der Waals surface area contributed by atoms with Crippen LogP contribution < -0.4 is 4.74 Å². The van der Waals surface area contributed by atoms with Crippen LogP contribution in [0.2, 0.25) is 0 Å². The van der Waals surface area contributed by atoms with E-state index >= 15 is 0 Å². The zero-order valence-electron chi connectivity index (χ0n) is 11.7. The first-order valence-electron chi connectivity index (χ1n) is 7.12. The summed E-state index contributed by atoms with van der Waals surface area (Å²) in [5, 5.41) is 8.77. The fraction of sp³-hybridized carbons (Fsp3) is 0.467. The molecule has 6 heteroatoms. The van der Waals surface area contributed by atoms with E-state index in [1.54, 1.807) is 11.0 Å².